The average molecular weight is 375 g/mol. The standard InChI is InChI=1S/C18H22N6O.ClH/c25-18(16-7-11-24(22-16)15-4-3-8-19-12-15)20-9-6-14-13-23-10-2-1-5-17(23)21-14;/h1-2,5,7,10-11,13,15,19H,3-4,6,8-9,12H2,(H,20,25);1H. The van der Waals surface area contributed by atoms with Crippen LogP contribution in [0.15, 0.2) is 42.9 Å². The van der Waals surface area contributed by atoms with Crippen LogP contribution in [0, 0.1) is 0 Å². The minimum absolute atomic E-state index is 0. The fourth-order valence-corrected chi connectivity index (χ4v) is 3.22. The first kappa shape index (κ1) is 18.4. The third kappa shape index (κ3) is 4.05. The van der Waals surface area contributed by atoms with Crippen LogP contribution >= 0.6 is 12.4 Å². The van der Waals surface area contributed by atoms with Gasteiger partial charge in [-0.3, -0.25) is 9.48 Å². The van der Waals surface area contributed by atoms with Gasteiger partial charge in [0, 0.05) is 38.1 Å². The molecule has 0 saturated carbocycles. The number of nitrogens with one attached hydrogen (secondary N) is 2. The molecule has 0 aromatic carbocycles. The molecule has 2 N–H and O–H groups in total. The van der Waals surface area contributed by atoms with Gasteiger partial charge in [0.05, 0.1) is 11.7 Å². The molecular formula is C18H23ClN6O. The SMILES string of the molecule is Cl.O=C(NCCc1cn2ccccc2n1)c1ccn(C2CCCNC2)n1. The molecule has 7 nitrogen and oxygen atoms in total. The Labute approximate surface area is 158 Å². The van der Waals surface area contributed by atoms with Gasteiger partial charge in [0.25, 0.3) is 5.91 Å². The fourth-order valence-electron chi connectivity index (χ4n) is 3.22. The van der Waals surface area contributed by atoms with Gasteiger partial charge in [-0.05, 0) is 37.6 Å². The van der Waals surface area contributed by atoms with Gasteiger partial charge < -0.3 is 15.0 Å². The number of rotatable bonds is 5. The van der Waals surface area contributed by atoms with Crippen molar-refractivity contribution in [2.45, 2.75) is 25.3 Å². The number of halogens is 1. The fraction of sp³-hybridized carbons (Fsp3) is 0.389. The summed E-state index contributed by atoms with van der Waals surface area (Å²) in [6, 6.07) is 8.03. The number of aromatic nitrogens is 4. The largest absolute Gasteiger partial charge is 0.350 e. The van der Waals surface area contributed by atoms with Crippen molar-refractivity contribution in [1.82, 2.24) is 29.8 Å². The van der Waals surface area contributed by atoms with Crippen LogP contribution < -0.4 is 10.6 Å². The molecule has 1 atom stereocenters. The Balaban J connectivity index is 0.00000196. The van der Waals surface area contributed by atoms with Crippen molar-refractivity contribution in [2.24, 2.45) is 0 Å². The third-order valence-corrected chi connectivity index (χ3v) is 4.57. The Morgan fingerprint density at radius 1 is 1.31 bits per heavy atom. The zero-order valence-electron chi connectivity index (χ0n) is 14.5. The smallest absolute Gasteiger partial charge is 0.271 e. The van der Waals surface area contributed by atoms with E-state index in [0.717, 1.165) is 37.3 Å². The van der Waals surface area contributed by atoms with Crippen LogP contribution in [0.3, 0.4) is 0 Å². The number of carbonyl (C=O) groups is 1. The van der Waals surface area contributed by atoms with E-state index in [0.29, 0.717) is 24.7 Å². The average Bonchev–Trinajstić information content (AvgIpc) is 3.29. The van der Waals surface area contributed by atoms with Gasteiger partial charge in [-0.25, -0.2) is 4.98 Å². The van der Waals surface area contributed by atoms with Gasteiger partial charge in [0.1, 0.15) is 11.3 Å². The lowest BCUT2D eigenvalue weighted by molar-refractivity contribution is 0.0947. The topological polar surface area (TPSA) is 76.2 Å². The summed E-state index contributed by atoms with van der Waals surface area (Å²) in [6.45, 7) is 2.52. The molecule has 3 aromatic rings. The van der Waals surface area contributed by atoms with Crippen molar-refractivity contribution in [3.05, 3.63) is 54.2 Å². The quantitative estimate of drug-likeness (QED) is 0.714. The van der Waals surface area contributed by atoms with E-state index in [1.54, 1.807) is 6.07 Å². The summed E-state index contributed by atoms with van der Waals surface area (Å²) < 4.78 is 3.89. The summed E-state index contributed by atoms with van der Waals surface area (Å²) in [6.07, 6.45) is 8.80. The molecule has 0 bridgehead atoms. The molecule has 1 saturated heterocycles. The molecule has 1 fully saturated rings. The molecule has 1 amide bonds. The van der Waals surface area contributed by atoms with E-state index < -0.39 is 0 Å². The predicted octanol–water partition coefficient (Wildman–Crippen LogP) is 1.85. The van der Waals surface area contributed by atoms with E-state index in [1.165, 1.54) is 0 Å². The van der Waals surface area contributed by atoms with Crippen LogP contribution in [0.4, 0.5) is 0 Å². The lowest BCUT2D eigenvalue weighted by atomic mass is 10.1. The number of hydrogen-bond donors (Lipinski definition) is 2. The van der Waals surface area contributed by atoms with Crippen molar-refractivity contribution >= 4 is 24.0 Å². The highest BCUT2D eigenvalue weighted by Crippen LogP contribution is 2.15. The Bertz CT molecular complexity index is 834. The minimum atomic E-state index is -0.133. The van der Waals surface area contributed by atoms with Gasteiger partial charge >= 0.3 is 0 Å². The van der Waals surface area contributed by atoms with Crippen molar-refractivity contribution in [3.63, 3.8) is 0 Å². The minimum Gasteiger partial charge on any atom is -0.350 e. The molecule has 8 heteroatoms. The molecular weight excluding hydrogens is 352 g/mol. The summed E-state index contributed by atoms with van der Waals surface area (Å²) in [5.41, 5.74) is 2.36. The molecule has 1 aliphatic heterocycles. The first-order chi connectivity index (χ1) is 12.3. The van der Waals surface area contributed by atoms with E-state index in [9.17, 15) is 4.79 Å². The number of hydrogen-bond acceptors (Lipinski definition) is 4. The lowest BCUT2D eigenvalue weighted by Gasteiger charge is -2.22. The summed E-state index contributed by atoms with van der Waals surface area (Å²) >= 11 is 0. The Morgan fingerprint density at radius 3 is 3.04 bits per heavy atom. The zero-order valence-corrected chi connectivity index (χ0v) is 15.3. The van der Waals surface area contributed by atoms with E-state index in [4.69, 9.17) is 0 Å². The normalized spacial score (nSPS) is 17.0. The maximum absolute atomic E-state index is 12.3. The Morgan fingerprint density at radius 2 is 2.23 bits per heavy atom. The van der Waals surface area contributed by atoms with Crippen molar-refractivity contribution < 1.29 is 4.79 Å². The summed E-state index contributed by atoms with van der Waals surface area (Å²) in [7, 11) is 0. The molecule has 4 rings (SSSR count). The number of carbonyl (C=O) groups excluding carboxylic acids is 1. The molecule has 4 heterocycles. The Hall–Kier alpha value is -2.38. The molecule has 1 unspecified atom stereocenters. The van der Waals surface area contributed by atoms with Crippen LogP contribution in [0.5, 0.6) is 0 Å². The predicted molar refractivity (Wildman–Crippen MR) is 102 cm³/mol. The molecule has 0 radical (unpaired) electrons. The number of pyridine rings is 1. The summed E-state index contributed by atoms with van der Waals surface area (Å²) in [4.78, 5) is 16.8. The molecule has 0 spiro atoms. The third-order valence-electron chi connectivity index (χ3n) is 4.57. The van der Waals surface area contributed by atoms with Crippen molar-refractivity contribution in [2.75, 3.05) is 19.6 Å². The highest BCUT2D eigenvalue weighted by Gasteiger charge is 2.17. The van der Waals surface area contributed by atoms with E-state index in [2.05, 4.69) is 20.7 Å². The van der Waals surface area contributed by atoms with Gasteiger partial charge in [0.15, 0.2) is 0 Å². The monoisotopic (exact) mass is 374 g/mol. The van der Waals surface area contributed by atoms with E-state index >= 15 is 0 Å². The second-order valence-corrected chi connectivity index (χ2v) is 6.39. The first-order valence-corrected chi connectivity index (χ1v) is 8.76. The van der Waals surface area contributed by atoms with Crippen LogP contribution in [0.25, 0.3) is 5.65 Å². The van der Waals surface area contributed by atoms with Crippen LogP contribution in [0.1, 0.15) is 35.1 Å². The summed E-state index contributed by atoms with van der Waals surface area (Å²) in [5.74, 6) is -0.133. The van der Waals surface area contributed by atoms with Gasteiger partial charge in [0.2, 0.25) is 0 Å². The van der Waals surface area contributed by atoms with E-state index in [-0.39, 0.29) is 18.3 Å². The zero-order chi connectivity index (χ0) is 17.1. The van der Waals surface area contributed by atoms with Gasteiger partial charge in [-0.15, -0.1) is 12.4 Å². The van der Waals surface area contributed by atoms with E-state index in [1.807, 2.05) is 45.9 Å². The first-order valence-electron chi connectivity index (χ1n) is 8.76. The number of imidazole rings is 1. The molecule has 138 valence electrons. The van der Waals surface area contributed by atoms with Crippen molar-refractivity contribution in [1.29, 1.82) is 0 Å². The summed E-state index contributed by atoms with van der Waals surface area (Å²) in [5, 5.41) is 10.7. The van der Waals surface area contributed by atoms with Gasteiger partial charge in [-0.2, -0.15) is 5.10 Å². The maximum atomic E-state index is 12.3. The highest BCUT2D eigenvalue weighted by atomic mass is 35.5. The lowest BCUT2D eigenvalue weighted by Crippen LogP contribution is -2.32. The second kappa shape index (κ2) is 8.33. The molecule has 1 aliphatic rings. The van der Waals surface area contributed by atoms with Crippen LogP contribution in [-0.4, -0.2) is 44.7 Å². The number of amides is 1. The molecule has 3 aromatic heterocycles. The molecule has 26 heavy (non-hydrogen) atoms. The van der Waals surface area contributed by atoms with Gasteiger partial charge in [-0.1, -0.05) is 6.07 Å². The number of piperidine rings is 1. The maximum Gasteiger partial charge on any atom is 0.271 e. The van der Waals surface area contributed by atoms with Crippen LogP contribution in [0.2, 0.25) is 0 Å². The number of fused-ring (bicyclic) bond motifs is 1. The number of nitrogens with zero attached hydrogens (tertiary/aromatic N) is 4. The highest BCUT2D eigenvalue weighted by molar-refractivity contribution is 5.92. The second-order valence-electron chi connectivity index (χ2n) is 6.39. The van der Waals surface area contributed by atoms with Crippen molar-refractivity contribution in [3.8, 4) is 0 Å². The Kier molecular flexibility index (Phi) is 5.90. The van der Waals surface area contributed by atoms with Crippen LogP contribution in [-0.2, 0) is 6.42 Å². The molecule has 0 aliphatic carbocycles.